The maximum atomic E-state index is 4.24. The molecule has 0 fully saturated rings. The highest BCUT2D eigenvalue weighted by Gasteiger charge is 1.98. The van der Waals surface area contributed by atoms with Crippen LogP contribution < -0.4 is 0 Å². The molecular formula is C12H12N2. The van der Waals surface area contributed by atoms with Gasteiger partial charge >= 0.3 is 0 Å². The number of allylic oxidation sites excluding steroid dienone is 1. The fourth-order valence-corrected chi connectivity index (χ4v) is 1.34. The molecule has 14 heavy (non-hydrogen) atoms. The van der Waals surface area contributed by atoms with E-state index in [2.05, 4.69) is 22.1 Å². The number of nitrogens with one attached hydrogen (secondary N) is 1. The number of imidazole rings is 1. The van der Waals surface area contributed by atoms with E-state index >= 15 is 0 Å². The molecule has 1 N–H and O–H groups in total. The van der Waals surface area contributed by atoms with E-state index in [0.29, 0.717) is 0 Å². The van der Waals surface area contributed by atoms with Crippen LogP contribution in [0, 0.1) is 0 Å². The van der Waals surface area contributed by atoms with Gasteiger partial charge in [0.05, 0.1) is 11.9 Å². The Morgan fingerprint density at radius 1 is 1.21 bits per heavy atom. The van der Waals surface area contributed by atoms with Crippen LogP contribution in [0.15, 0.2) is 42.6 Å². The van der Waals surface area contributed by atoms with E-state index in [0.717, 1.165) is 17.1 Å². The number of H-pyrrole nitrogens is 1. The summed E-state index contributed by atoms with van der Waals surface area (Å²) in [5.74, 6) is 0.895. The predicted molar refractivity (Wildman–Crippen MR) is 58.7 cm³/mol. The van der Waals surface area contributed by atoms with Gasteiger partial charge in [-0.25, -0.2) is 4.98 Å². The molecule has 70 valence electrons. The normalized spacial score (nSPS) is 10.9. The van der Waals surface area contributed by atoms with Crippen LogP contribution in [0.4, 0.5) is 0 Å². The molecule has 2 heteroatoms. The summed E-state index contributed by atoms with van der Waals surface area (Å²) in [7, 11) is 0. The van der Waals surface area contributed by atoms with Crippen molar-refractivity contribution in [2.24, 2.45) is 0 Å². The first kappa shape index (κ1) is 8.75. The van der Waals surface area contributed by atoms with Gasteiger partial charge in [0, 0.05) is 0 Å². The van der Waals surface area contributed by atoms with E-state index in [-0.39, 0.29) is 0 Å². The van der Waals surface area contributed by atoms with Crippen LogP contribution in [0.25, 0.3) is 17.3 Å². The van der Waals surface area contributed by atoms with Crippen molar-refractivity contribution in [1.82, 2.24) is 9.97 Å². The van der Waals surface area contributed by atoms with Gasteiger partial charge in [0.2, 0.25) is 0 Å². The monoisotopic (exact) mass is 184 g/mol. The lowest BCUT2D eigenvalue weighted by molar-refractivity contribution is 1.26. The van der Waals surface area contributed by atoms with Gasteiger partial charge in [0.25, 0.3) is 0 Å². The maximum absolute atomic E-state index is 4.24. The zero-order chi connectivity index (χ0) is 9.80. The number of hydrogen-bond donors (Lipinski definition) is 1. The topological polar surface area (TPSA) is 28.7 Å². The van der Waals surface area contributed by atoms with E-state index < -0.39 is 0 Å². The summed E-state index contributed by atoms with van der Waals surface area (Å²) >= 11 is 0. The minimum Gasteiger partial charge on any atom is -0.338 e. The summed E-state index contributed by atoms with van der Waals surface area (Å²) in [6.07, 6.45) is 5.77. The summed E-state index contributed by atoms with van der Waals surface area (Å²) in [5.41, 5.74) is 2.22. The lowest BCUT2D eigenvalue weighted by Crippen LogP contribution is -1.76. The molecule has 1 aromatic heterocycles. The SMILES string of the molecule is CC=Cc1ncc(-c2ccccc2)[nH]1. The average molecular weight is 184 g/mol. The van der Waals surface area contributed by atoms with Crippen molar-refractivity contribution >= 4 is 6.08 Å². The summed E-state index contributed by atoms with van der Waals surface area (Å²) in [5, 5.41) is 0. The van der Waals surface area contributed by atoms with Gasteiger partial charge in [-0.3, -0.25) is 0 Å². The summed E-state index contributed by atoms with van der Waals surface area (Å²) in [4.78, 5) is 7.47. The Kier molecular flexibility index (Phi) is 2.45. The van der Waals surface area contributed by atoms with Gasteiger partial charge < -0.3 is 4.98 Å². The maximum Gasteiger partial charge on any atom is 0.130 e. The molecule has 0 unspecified atom stereocenters. The molecule has 0 amide bonds. The molecule has 1 aromatic carbocycles. The number of aromatic amines is 1. The third-order valence-corrected chi connectivity index (χ3v) is 2.00. The second-order valence-corrected chi connectivity index (χ2v) is 3.05. The van der Waals surface area contributed by atoms with Crippen LogP contribution in [0.3, 0.4) is 0 Å². The largest absolute Gasteiger partial charge is 0.338 e. The molecule has 0 aliphatic carbocycles. The van der Waals surface area contributed by atoms with Crippen LogP contribution in [0.1, 0.15) is 12.7 Å². The van der Waals surface area contributed by atoms with Crippen molar-refractivity contribution in [2.75, 3.05) is 0 Å². The molecule has 0 saturated carbocycles. The van der Waals surface area contributed by atoms with Gasteiger partial charge in [-0.2, -0.15) is 0 Å². The van der Waals surface area contributed by atoms with Gasteiger partial charge in [-0.05, 0) is 18.6 Å². The van der Waals surface area contributed by atoms with Crippen LogP contribution in [0.2, 0.25) is 0 Å². The Balaban J connectivity index is 2.34. The van der Waals surface area contributed by atoms with E-state index in [1.54, 1.807) is 0 Å². The Hall–Kier alpha value is -1.83. The van der Waals surface area contributed by atoms with E-state index in [9.17, 15) is 0 Å². The highest BCUT2D eigenvalue weighted by Crippen LogP contribution is 2.16. The summed E-state index contributed by atoms with van der Waals surface area (Å²) in [6.45, 7) is 1.98. The lowest BCUT2D eigenvalue weighted by atomic mass is 10.2. The smallest absolute Gasteiger partial charge is 0.130 e. The number of hydrogen-bond acceptors (Lipinski definition) is 1. The summed E-state index contributed by atoms with van der Waals surface area (Å²) < 4.78 is 0. The van der Waals surface area contributed by atoms with Gasteiger partial charge in [0.1, 0.15) is 5.82 Å². The molecule has 1 heterocycles. The van der Waals surface area contributed by atoms with E-state index in [4.69, 9.17) is 0 Å². The molecular weight excluding hydrogens is 172 g/mol. The van der Waals surface area contributed by atoms with Gasteiger partial charge in [0.15, 0.2) is 0 Å². The highest BCUT2D eigenvalue weighted by molar-refractivity contribution is 5.59. The summed E-state index contributed by atoms with van der Waals surface area (Å²) in [6, 6.07) is 10.2. The van der Waals surface area contributed by atoms with Crippen LogP contribution in [0.5, 0.6) is 0 Å². The molecule has 0 saturated heterocycles. The molecule has 2 aromatic rings. The zero-order valence-electron chi connectivity index (χ0n) is 8.07. The standard InChI is InChI=1S/C12H12N2/c1-2-6-12-13-9-11(14-12)10-7-4-3-5-8-10/h2-9H,1H3,(H,13,14). The zero-order valence-corrected chi connectivity index (χ0v) is 8.07. The van der Waals surface area contributed by atoms with Crippen molar-refractivity contribution in [3.8, 4) is 11.3 Å². The van der Waals surface area contributed by atoms with Gasteiger partial charge in [-0.15, -0.1) is 0 Å². The molecule has 0 radical (unpaired) electrons. The lowest BCUT2D eigenvalue weighted by Gasteiger charge is -1.94. The van der Waals surface area contributed by atoms with Crippen molar-refractivity contribution in [3.63, 3.8) is 0 Å². The average Bonchev–Trinajstić information content (AvgIpc) is 2.68. The second kappa shape index (κ2) is 3.92. The number of aromatic nitrogens is 2. The molecule has 2 rings (SSSR count). The third kappa shape index (κ3) is 1.74. The minimum absolute atomic E-state index is 0.895. The second-order valence-electron chi connectivity index (χ2n) is 3.05. The Morgan fingerprint density at radius 3 is 2.71 bits per heavy atom. The van der Waals surface area contributed by atoms with Crippen LogP contribution in [-0.2, 0) is 0 Å². The van der Waals surface area contributed by atoms with Crippen molar-refractivity contribution in [1.29, 1.82) is 0 Å². The first-order valence-electron chi connectivity index (χ1n) is 4.63. The van der Waals surface area contributed by atoms with E-state index in [1.165, 1.54) is 0 Å². The third-order valence-electron chi connectivity index (χ3n) is 2.00. The quantitative estimate of drug-likeness (QED) is 0.763. The molecule has 0 aliphatic rings. The van der Waals surface area contributed by atoms with Crippen molar-refractivity contribution in [2.45, 2.75) is 6.92 Å². The predicted octanol–water partition coefficient (Wildman–Crippen LogP) is 3.11. The number of nitrogens with zero attached hydrogens (tertiary/aromatic N) is 1. The Morgan fingerprint density at radius 2 is 2.00 bits per heavy atom. The first-order valence-corrected chi connectivity index (χ1v) is 4.63. The molecule has 2 nitrogen and oxygen atoms in total. The number of benzene rings is 1. The van der Waals surface area contributed by atoms with Crippen molar-refractivity contribution in [3.05, 3.63) is 48.4 Å². The molecule has 0 atom stereocenters. The highest BCUT2D eigenvalue weighted by atomic mass is 14.9. The molecule has 0 bridgehead atoms. The van der Waals surface area contributed by atoms with Crippen LogP contribution >= 0.6 is 0 Å². The Labute approximate surface area is 83.3 Å². The van der Waals surface area contributed by atoms with Gasteiger partial charge in [-0.1, -0.05) is 36.4 Å². The fraction of sp³-hybridized carbons (Fsp3) is 0.0833. The van der Waals surface area contributed by atoms with E-state index in [1.807, 2.05) is 43.5 Å². The molecule has 0 spiro atoms. The minimum atomic E-state index is 0.895. The Bertz CT molecular complexity index is 427. The number of rotatable bonds is 2. The molecule has 0 aliphatic heterocycles. The fourth-order valence-electron chi connectivity index (χ4n) is 1.34. The first-order chi connectivity index (χ1) is 6.90. The van der Waals surface area contributed by atoms with Crippen LogP contribution in [-0.4, -0.2) is 9.97 Å². The van der Waals surface area contributed by atoms with Crippen molar-refractivity contribution < 1.29 is 0 Å².